The van der Waals surface area contributed by atoms with Gasteiger partial charge in [-0.2, -0.15) is 5.26 Å². The lowest BCUT2D eigenvalue weighted by Crippen LogP contribution is -2.32. The van der Waals surface area contributed by atoms with Crippen LogP contribution in [0.5, 0.6) is 0 Å². The van der Waals surface area contributed by atoms with Crippen molar-refractivity contribution >= 4 is 22.5 Å². The van der Waals surface area contributed by atoms with Crippen molar-refractivity contribution in [1.82, 2.24) is 9.88 Å². The van der Waals surface area contributed by atoms with Crippen molar-refractivity contribution in [2.45, 2.75) is 12.6 Å². The summed E-state index contributed by atoms with van der Waals surface area (Å²) >= 11 is 0. The number of hydrogen-bond acceptors (Lipinski definition) is 5. The fourth-order valence-corrected chi connectivity index (χ4v) is 3.67. The summed E-state index contributed by atoms with van der Waals surface area (Å²) < 4.78 is 1.43. The fraction of sp³-hybridized carbons (Fsp3) is 0.143. The molecule has 8 heteroatoms. The van der Waals surface area contributed by atoms with E-state index in [0.29, 0.717) is 33.2 Å². The number of benzene rings is 2. The number of carbonyl (C=O) groups is 1. The molecule has 1 aliphatic carbocycles. The van der Waals surface area contributed by atoms with E-state index in [-0.39, 0.29) is 30.4 Å². The number of hydrogen-bond donors (Lipinski definition) is 3. The van der Waals surface area contributed by atoms with Gasteiger partial charge in [0.2, 0.25) is 5.96 Å². The molecule has 0 fully saturated rings. The quantitative estimate of drug-likeness (QED) is 0.207. The monoisotopic (exact) mass is 387 g/mol. The number of aliphatic imine (C=N–C) groups is 1. The molecule has 1 aromatic heterocycles. The van der Waals surface area contributed by atoms with Gasteiger partial charge >= 0.3 is 0 Å². The Morgan fingerprint density at radius 1 is 1.14 bits per heavy atom. The number of pyridine rings is 1. The number of carbonyl (C=O) groups excluding carboxylic acids is 1. The Bertz CT molecular complexity index is 1270. The van der Waals surface area contributed by atoms with E-state index in [2.05, 4.69) is 10.3 Å². The summed E-state index contributed by atoms with van der Waals surface area (Å²) in [6.07, 6.45) is 0.598. The summed E-state index contributed by atoms with van der Waals surface area (Å²) in [7, 11) is 0. The lowest BCUT2D eigenvalue weighted by Gasteiger charge is -2.17. The highest BCUT2D eigenvalue weighted by atomic mass is 16.3. The molecule has 0 bridgehead atoms. The molecular formula is C21H17N5O3. The molecule has 29 heavy (non-hydrogen) atoms. The van der Waals surface area contributed by atoms with Crippen molar-refractivity contribution in [1.29, 1.82) is 5.26 Å². The van der Waals surface area contributed by atoms with E-state index in [0.717, 1.165) is 0 Å². The standard InChI is InChI=1S/C21H17N5O3/c22-11-25-21(23)24-9-12(27)10-26-18-14-6-2-3-7-15(14)19(28)17(18)13-5-1-4-8-16(13)20(26)29/h1-8,12,27H,9-10H2,(H3,23,24,25). The molecule has 8 nitrogen and oxygen atoms in total. The van der Waals surface area contributed by atoms with Crippen LogP contribution < -0.4 is 16.6 Å². The molecule has 0 saturated heterocycles. The summed E-state index contributed by atoms with van der Waals surface area (Å²) in [6.45, 7) is -0.179. The van der Waals surface area contributed by atoms with E-state index in [1.165, 1.54) is 4.57 Å². The number of aliphatic hydroxyl groups excluding tert-OH is 1. The van der Waals surface area contributed by atoms with Gasteiger partial charge in [0.15, 0.2) is 12.0 Å². The molecule has 1 atom stereocenters. The topological polar surface area (TPSA) is 134 Å². The number of guanidine groups is 1. The SMILES string of the molecule is N#CNC(N)=NCC(O)Cn1c2c(c3ccccc3c1=O)C(=O)c1ccccc1-2. The van der Waals surface area contributed by atoms with Crippen LogP contribution in [0.2, 0.25) is 0 Å². The van der Waals surface area contributed by atoms with Gasteiger partial charge in [0.25, 0.3) is 5.56 Å². The Morgan fingerprint density at radius 2 is 1.79 bits per heavy atom. The third-order valence-corrected chi connectivity index (χ3v) is 4.88. The van der Waals surface area contributed by atoms with E-state index >= 15 is 0 Å². The third-order valence-electron chi connectivity index (χ3n) is 4.88. The van der Waals surface area contributed by atoms with Gasteiger partial charge in [0, 0.05) is 21.9 Å². The Kier molecular flexibility index (Phi) is 4.58. The first-order valence-electron chi connectivity index (χ1n) is 8.95. The molecule has 1 heterocycles. The Morgan fingerprint density at radius 3 is 2.52 bits per heavy atom. The van der Waals surface area contributed by atoms with Gasteiger partial charge in [0.1, 0.15) is 0 Å². The van der Waals surface area contributed by atoms with Crippen molar-refractivity contribution in [2.75, 3.05) is 6.54 Å². The largest absolute Gasteiger partial charge is 0.389 e. The lowest BCUT2D eigenvalue weighted by atomic mass is 10.0. The van der Waals surface area contributed by atoms with Crippen molar-refractivity contribution < 1.29 is 9.90 Å². The molecule has 4 N–H and O–H groups in total. The van der Waals surface area contributed by atoms with Crippen LogP contribution in [0.1, 0.15) is 15.9 Å². The van der Waals surface area contributed by atoms with E-state index in [1.807, 2.05) is 0 Å². The zero-order valence-corrected chi connectivity index (χ0v) is 15.3. The second kappa shape index (κ2) is 7.22. The summed E-state index contributed by atoms with van der Waals surface area (Å²) in [6, 6.07) is 14.1. The van der Waals surface area contributed by atoms with Crippen molar-refractivity contribution in [3.63, 3.8) is 0 Å². The van der Waals surface area contributed by atoms with E-state index in [1.54, 1.807) is 54.7 Å². The van der Waals surface area contributed by atoms with Crippen LogP contribution in [-0.2, 0) is 6.54 Å². The Labute approximate surface area is 165 Å². The summed E-state index contributed by atoms with van der Waals surface area (Å²) in [5.74, 6) is -0.265. The number of ketones is 1. The first kappa shape index (κ1) is 18.4. The predicted molar refractivity (Wildman–Crippen MR) is 108 cm³/mol. The number of rotatable bonds is 4. The fourth-order valence-electron chi connectivity index (χ4n) is 3.67. The summed E-state index contributed by atoms with van der Waals surface area (Å²) in [5.41, 5.74) is 7.35. The minimum Gasteiger partial charge on any atom is -0.389 e. The van der Waals surface area contributed by atoms with E-state index in [4.69, 9.17) is 11.0 Å². The van der Waals surface area contributed by atoms with Gasteiger partial charge in [0.05, 0.1) is 30.5 Å². The smallest absolute Gasteiger partial charge is 0.259 e. The molecule has 0 aliphatic heterocycles. The van der Waals surface area contributed by atoms with Gasteiger partial charge in [-0.05, 0) is 6.07 Å². The van der Waals surface area contributed by atoms with Gasteiger partial charge in [-0.25, -0.2) is 4.99 Å². The van der Waals surface area contributed by atoms with E-state index < -0.39 is 6.10 Å². The zero-order valence-electron chi connectivity index (χ0n) is 15.3. The average molecular weight is 387 g/mol. The minimum absolute atomic E-state index is 0.0725. The van der Waals surface area contributed by atoms with Gasteiger partial charge in [-0.1, -0.05) is 42.5 Å². The molecule has 1 unspecified atom stereocenters. The molecular weight excluding hydrogens is 370 g/mol. The minimum atomic E-state index is -1.04. The van der Waals surface area contributed by atoms with Crippen LogP contribution in [0.25, 0.3) is 22.0 Å². The molecule has 3 aromatic rings. The molecule has 0 spiro atoms. The maximum Gasteiger partial charge on any atom is 0.259 e. The molecule has 2 aromatic carbocycles. The molecule has 1 aliphatic rings. The summed E-state index contributed by atoms with van der Waals surface area (Å²) in [4.78, 5) is 30.2. The molecule has 0 radical (unpaired) electrons. The van der Waals surface area contributed by atoms with Crippen molar-refractivity contribution in [2.24, 2.45) is 10.7 Å². The highest BCUT2D eigenvalue weighted by Gasteiger charge is 2.32. The molecule has 144 valence electrons. The first-order chi connectivity index (χ1) is 14.0. The van der Waals surface area contributed by atoms with Crippen LogP contribution in [0.15, 0.2) is 58.3 Å². The number of nitrogens with one attached hydrogen (secondary N) is 1. The van der Waals surface area contributed by atoms with E-state index in [9.17, 15) is 14.7 Å². The Hall–Kier alpha value is -3.96. The van der Waals surface area contributed by atoms with Gasteiger partial charge in [-0.15, -0.1) is 0 Å². The van der Waals surface area contributed by atoms with Crippen LogP contribution in [-0.4, -0.2) is 34.1 Å². The Balaban J connectivity index is 1.87. The number of nitriles is 1. The maximum absolute atomic E-state index is 13.2. The lowest BCUT2D eigenvalue weighted by molar-refractivity contribution is 0.104. The van der Waals surface area contributed by atoms with Crippen LogP contribution in [0.3, 0.4) is 0 Å². The van der Waals surface area contributed by atoms with Crippen molar-refractivity contribution in [3.8, 4) is 17.5 Å². The first-order valence-corrected chi connectivity index (χ1v) is 8.95. The normalized spacial score (nSPS) is 13.7. The van der Waals surface area contributed by atoms with Crippen LogP contribution in [0.4, 0.5) is 0 Å². The number of aliphatic hydroxyl groups is 1. The maximum atomic E-state index is 13.2. The van der Waals surface area contributed by atoms with Crippen LogP contribution in [0, 0.1) is 11.5 Å². The van der Waals surface area contributed by atoms with Gasteiger partial charge < -0.3 is 15.4 Å². The molecule has 4 rings (SSSR count). The predicted octanol–water partition coefficient (Wildman–Crippen LogP) is 0.959. The number of nitrogens with zero attached hydrogens (tertiary/aromatic N) is 3. The highest BCUT2D eigenvalue weighted by Crippen LogP contribution is 2.39. The number of aromatic nitrogens is 1. The second-order valence-electron chi connectivity index (χ2n) is 6.68. The van der Waals surface area contributed by atoms with Gasteiger partial charge in [-0.3, -0.25) is 14.9 Å². The highest BCUT2D eigenvalue weighted by molar-refractivity contribution is 6.26. The zero-order chi connectivity index (χ0) is 20.5. The number of fused-ring (bicyclic) bond motifs is 5. The summed E-state index contributed by atoms with van der Waals surface area (Å²) in [5, 5.41) is 22.2. The van der Waals surface area contributed by atoms with Crippen LogP contribution >= 0.6 is 0 Å². The third kappa shape index (κ3) is 3.03. The molecule has 0 amide bonds. The average Bonchev–Trinajstić information content (AvgIpc) is 3.03. The molecule has 0 saturated carbocycles. The number of nitrogens with two attached hydrogens (primary N) is 1. The van der Waals surface area contributed by atoms with Crippen molar-refractivity contribution in [3.05, 3.63) is 70.0 Å². The second-order valence-corrected chi connectivity index (χ2v) is 6.68.